The number of nitrogens with zero attached hydrogens (tertiary/aromatic N) is 2. The Morgan fingerprint density at radius 2 is 2.22 bits per heavy atom. The molecule has 0 aliphatic rings. The second-order valence-corrected chi connectivity index (χ2v) is 4.11. The van der Waals surface area contributed by atoms with Crippen LogP contribution >= 0.6 is 11.6 Å². The zero-order chi connectivity index (χ0) is 12.7. The average molecular weight is 263 g/mol. The van der Waals surface area contributed by atoms with Crippen molar-refractivity contribution >= 4 is 28.6 Å². The second-order valence-electron chi connectivity index (χ2n) is 3.68. The van der Waals surface area contributed by atoms with E-state index >= 15 is 0 Å². The van der Waals surface area contributed by atoms with E-state index in [2.05, 4.69) is 19.9 Å². The normalized spacial score (nSPS) is 10.9. The van der Waals surface area contributed by atoms with E-state index < -0.39 is 5.97 Å². The van der Waals surface area contributed by atoms with Crippen LogP contribution < -0.4 is 0 Å². The van der Waals surface area contributed by atoms with Crippen LogP contribution in [0.3, 0.4) is 0 Å². The van der Waals surface area contributed by atoms with Crippen LogP contribution in [0.5, 0.6) is 0 Å². The number of fused-ring (bicyclic) bond motifs is 1. The van der Waals surface area contributed by atoms with Crippen LogP contribution in [0.2, 0.25) is 5.02 Å². The topological polar surface area (TPSA) is 94.7 Å². The summed E-state index contributed by atoms with van der Waals surface area (Å²) in [7, 11) is 0. The molecule has 6 nitrogen and oxygen atoms in total. The maximum atomic E-state index is 11.0. The first-order valence-corrected chi connectivity index (χ1v) is 5.45. The van der Waals surface area contributed by atoms with Crippen molar-refractivity contribution in [3.05, 3.63) is 35.2 Å². The minimum Gasteiger partial charge on any atom is -0.477 e. The standard InChI is InChI=1S/C11H7ClN4O2/c12-5-1-2-6-7(3-5)16-10(15-6)8-9(11(17)18)14-4-13-8/h1-4H,(H,13,14)(H,15,16)(H,17,18). The van der Waals surface area contributed by atoms with Gasteiger partial charge in [0.25, 0.3) is 0 Å². The lowest BCUT2D eigenvalue weighted by molar-refractivity contribution is 0.0692. The van der Waals surface area contributed by atoms with Crippen LogP contribution in [0, 0.1) is 0 Å². The molecule has 3 aromatic rings. The summed E-state index contributed by atoms with van der Waals surface area (Å²) in [5.74, 6) is -0.688. The van der Waals surface area contributed by atoms with E-state index in [9.17, 15) is 4.79 Å². The van der Waals surface area contributed by atoms with E-state index in [-0.39, 0.29) is 11.4 Å². The van der Waals surface area contributed by atoms with Gasteiger partial charge in [-0.2, -0.15) is 0 Å². The zero-order valence-electron chi connectivity index (χ0n) is 8.94. The summed E-state index contributed by atoms with van der Waals surface area (Å²) in [4.78, 5) is 24.8. The molecule has 0 unspecified atom stereocenters. The lowest BCUT2D eigenvalue weighted by Gasteiger charge is -1.92. The first kappa shape index (κ1) is 10.8. The van der Waals surface area contributed by atoms with Crippen molar-refractivity contribution in [1.82, 2.24) is 19.9 Å². The molecular weight excluding hydrogens is 256 g/mol. The summed E-state index contributed by atoms with van der Waals surface area (Å²) in [6.07, 6.45) is 1.32. The smallest absolute Gasteiger partial charge is 0.354 e. The van der Waals surface area contributed by atoms with Gasteiger partial charge in [0, 0.05) is 5.02 Å². The molecule has 0 spiro atoms. The molecule has 0 fully saturated rings. The summed E-state index contributed by atoms with van der Waals surface area (Å²) < 4.78 is 0. The highest BCUT2D eigenvalue weighted by Crippen LogP contribution is 2.23. The largest absolute Gasteiger partial charge is 0.477 e. The van der Waals surface area contributed by atoms with Crippen molar-refractivity contribution in [3.8, 4) is 11.5 Å². The fourth-order valence-corrected chi connectivity index (χ4v) is 1.90. The number of aromatic nitrogens is 4. The van der Waals surface area contributed by atoms with Crippen molar-refractivity contribution in [3.63, 3.8) is 0 Å². The van der Waals surface area contributed by atoms with E-state index in [4.69, 9.17) is 16.7 Å². The van der Waals surface area contributed by atoms with E-state index in [1.54, 1.807) is 18.2 Å². The van der Waals surface area contributed by atoms with Crippen LogP contribution in [0.15, 0.2) is 24.5 Å². The number of carbonyl (C=O) groups is 1. The first-order valence-electron chi connectivity index (χ1n) is 5.07. The molecule has 18 heavy (non-hydrogen) atoms. The quantitative estimate of drug-likeness (QED) is 0.660. The van der Waals surface area contributed by atoms with E-state index in [1.165, 1.54) is 6.33 Å². The molecule has 0 amide bonds. The zero-order valence-corrected chi connectivity index (χ0v) is 9.69. The van der Waals surface area contributed by atoms with Gasteiger partial charge < -0.3 is 15.1 Å². The number of rotatable bonds is 2. The highest BCUT2D eigenvalue weighted by atomic mass is 35.5. The van der Waals surface area contributed by atoms with Crippen LogP contribution in [0.4, 0.5) is 0 Å². The van der Waals surface area contributed by atoms with Crippen molar-refractivity contribution in [1.29, 1.82) is 0 Å². The first-order chi connectivity index (χ1) is 8.65. The third-order valence-electron chi connectivity index (χ3n) is 2.52. The van der Waals surface area contributed by atoms with E-state index in [1.807, 2.05) is 0 Å². The van der Waals surface area contributed by atoms with Gasteiger partial charge in [-0.25, -0.2) is 14.8 Å². The average Bonchev–Trinajstić information content (AvgIpc) is 2.93. The molecule has 0 saturated heterocycles. The number of hydrogen-bond acceptors (Lipinski definition) is 3. The third-order valence-corrected chi connectivity index (χ3v) is 2.76. The van der Waals surface area contributed by atoms with Gasteiger partial charge >= 0.3 is 5.97 Å². The molecule has 0 bridgehead atoms. The number of aromatic carboxylic acids is 1. The highest BCUT2D eigenvalue weighted by molar-refractivity contribution is 6.31. The summed E-state index contributed by atoms with van der Waals surface area (Å²) in [6, 6.07) is 5.20. The Kier molecular flexibility index (Phi) is 2.31. The van der Waals surface area contributed by atoms with Crippen LogP contribution in [0.1, 0.15) is 10.5 Å². The SMILES string of the molecule is O=C(O)c1[nH]cnc1-c1nc2ccc(Cl)cc2[nH]1. The van der Waals surface area contributed by atoms with Crippen LogP contribution in [0.25, 0.3) is 22.6 Å². The predicted octanol–water partition coefficient (Wildman–Crippen LogP) is 2.30. The van der Waals surface area contributed by atoms with Gasteiger partial charge in [0.1, 0.15) is 5.69 Å². The fraction of sp³-hybridized carbons (Fsp3) is 0. The molecule has 0 radical (unpaired) electrons. The van der Waals surface area contributed by atoms with E-state index in [0.29, 0.717) is 16.4 Å². The monoisotopic (exact) mass is 262 g/mol. The molecule has 0 saturated carbocycles. The minimum absolute atomic E-state index is 0.000142. The molecule has 0 atom stereocenters. The maximum Gasteiger partial charge on any atom is 0.354 e. The second kappa shape index (κ2) is 3.85. The van der Waals surface area contributed by atoms with Gasteiger partial charge in [-0.1, -0.05) is 11.6 Å². The number of halogens is 1. The number of carboxylic acids is 1. The van der Waals surface area contributed by atoms with Crippen LogP contribution in [-0.2, 0) is 0 Å². The Bertz CT molecular complexity index is 746. The Labute approximate surface area is 106 Å². The number of hydrogen-bond donors (Lipinski definition) is 3. The molecule has 7 heteroatoms. The number of aromatic amines is 2. The molecule has 2 heterocycles. The van der Waals surface area contributed by atoms with Crippen LogP contribution in [-0.4, -0.2) is 31.0 Å². The molecule has 1 aromatic carbocycles. The minimum atomic E-state index is -1.08. The Morgan fingerprint density at radius 3 is 3.00 bits per heavy atom. The Balaban J connectivity index is 2.19. The van der Waals surface area contributed by atoms with Crippen molar-refractivity contribution in [2.24, 2.45) is 0 Å². The number of H-pyrrole nitrogens is 2. The van der Waals surface area contributed by atoms with Crippen molar-refractivity contribution in [2.45, 2.75) is 0 Å². The summed E-state index contributed by atoms with van der Waals surface area (Å²) in [5, 5.41) is 9.58. The maximum absolute atomic E-state index is 11.0. The van der Waals surface area contributed by atoms with Crippen molar-refractivity contribution in [2.75, 3.05) is 0 Å². The number of nitrogens with one attached hydrogen (secondary N) is 2. The fourth-order valence-electron chi connectivity index (χ4n) is 1.73. The lowest BCUT2D eigenvalue weighted by Crippen LogP contribution is -1.99. The van der Waals surface area contributed by atoms with Gasteiger partial charge in [-0.15, -0.1) is 0 Å². The van der Waals surface area contributed by atoms with Gasteiger partial charge in [0.2, 0.25) is 0 Å². The molecular formula is C11H7ClN4O2. The number of benzene rings is 1. The molecule has 0 aliphatic carbocycles. The predicted molar refractivity (Wildman–Crippen MR) is 65.6 cm³/mol. The number of imidazole rings is 2. The molecule has 2 aromatic heterocycles. The molecule has 3 rings (SSSR count). The summed E-state index contributed by atoms with van der Waals surface area (Å²) in [6.45, 7) is 0. The van der Waals surface area contributed by atoms with Gasteiger partial charge in [0.05, 0.1) is 17.4 Å². The van der Waals surface area contributed by atoms with Gasteiger partial charge in [-0.3, -0.25) is 0 Å². The Hall–Kier alpha value is -2.34. The Morgan fingerprint density at radius 1 is 1.39 bits per heavy atom. The molecule has 0 aliphatic heterocycles. The lowest BCUT2D eigenvalue weighted by atomic mass is 10.3. The van der Waals surface area contributed by atoms with Gasteiger partial charge in [-0.05, 0) is 18.2 Å². The van der Waals surface area contributed by atoms with Crippen molar-refractivity contribution < 1.29 is 9.90 Å². The van der Waals surface area contributed by atoms with Gasteiger partial charge in [0.15, 0.2) is 11.5 Å². The van der Waals surface area contributed by atoms with E-state index in [0.717, 1.165) is 5.52 Å². The summed E-state index contributed by atoms with van der Waals surface area (Å²) in [5.41, 5.74) is 1.71. The summed E-state index contributed by atoms with van der Waals surface area (Å²) >= 11 is 5.87. The molecule has 90 valence electrons. The number of carboxylic acid groups (broad SMARTS) is 1. The third kappa shape index (κ3) is 1.63. The molecule has 3 N–H and O–H groups in total. The highest BCUT2D eigenvalue weighted by Gasteiger charge is 2.17.